The lowest BCUT2D eigenvalue weighted by Crippen LogP contribution is -2.17. The lowest BCUT2D eigenvalue weighted by Gasteiger charge is -2.13. The van der Waals surface area contributed by atoms with Crippen LogP contribution in [0, 0.1) is 0 Å². The minimum Gasteiger partial charge on any atom is -0.497 e. The highest BCUT2D eigenvalue weighted by Gasteiger charge is 2.15. The zero-order chi connectivity index (χ0) is 20.4. The number of ether oxygens (including phenoxy) is 1. The molecule has 4 aromatic rings. The van der Waals surface area contributed by atoms with Crippen LogP contribution in [0.25, 0.3) is 21.7 Å². The molecule has 0 spiro atoms. The summed E-state index contributed by atoms with van der Waals surface area (Å²) in [6.07, 6.45) is 1.76. The molecule has 29 heavy (non-hydrogen) atoms. The van der Waals surface area contributed by atoms with E-state index in [2.05, 4.69) is 10.6 Å². The molecule has 4 rings (SSSR count). The maximum atomic E-state index is 12.8. The number of nitrogens with one attached hydrogen (secondary N) is 2. The van der Waals surface area contributed by atoms with E-state index in [9.17, 15) is 9.59 Å². The van der Waals surface area contributed by atoms with E-state index in [1.54, 1.807) is 31.6 Å². The number of carbonyl (C=O) groups excluding carboxylic acids is 2. The standard InChI is InChI=1S/C23H20N2O4/c1-14(26)24-19-9-8-17(28-2)12-20(19)25-22(27)11-16-13-29-21-10-7-15-5-3-4-6-18(15)23(16)21/h3-10,12-13H,11H2,1-2H3,(H,24,26)(H,25,27). The van der Waals surface area contributed by atoms with Crippen LogP contribution in [0.4, 0.5) is 11.4 Å². The van der Waals surface area contributed by atoms with Gasteiger partial charge in [-0.3, -0.25) is 9.59 Å². The Morgan fingerprint density at radius 2 is 1.83 bits per heavy atom. The fourth-order valence-corrected chi connectivity index (χ4v) is 3.42. The van der Waals surface area contributed by atoms with Gasteiger partial charge < -0.3 is 19.8 Å². The third-order valence-electron chi connectivity index (χ3n) is 4.70. The third-order valence-corrected chi connectivity index (χ3v) is 4.70. The number of hydrogen-bond acceptors (Lipinski definition) is 4. The molecule has 2 N–H and O–H groups in total. The van der Waals surface area contributed by atoms with E-state index in [1.807, 2.05) is 36.4 Å². The maximum absolute atomic E-state index is 12.8. The van der Waals surface area contributed by atoms with E-state index in [-0.39, 0.29) is 18.2 Å². The summed E-state index contributed by atoms with van der Waals surface area (Å²) in [7, 11) is 1.54. The van der Waals surface area contributed by atoms with Crippen LogP contribution in [-0.2, 0) is 16.0 Å². The van der Waals surface area contributed by atoms with Crippen LogP contribution in [0.3, 0.4) is 0 Å². The molecule has 1 heterocycles. The second-order valence-electron chi connectivity index (χ2n) is 6.74. The fourth-order valence-electron chi connectivity index (χ4n) is 3.42. The molecule has 0 bridgehead atoms. The Morgan fingerprint density at radius 1 is 1.00 bits per heavy atom. The van der Waals surface area contributed by atoms with Crippen LogP contribution in [0.2, 0.25) is 0 Å². The van der Waals surface area contributed by atoms with Gasteiger partial charge in [-0.1, -0.05) is 30.3 Å². The lowest BCUT2D eigenvalue weighted by molar-refractivity contribution is -0.116. The van der Waals surface area contributed by atoms with Gasteiger partial charge in [0.1, 0.15) is 11.3 Å². The first-order valence-electron chi connectivity index (χ1n) is 9.18. The second kappa shape index (κ2) is 7.67. The Morgan fingerprint density at radius 3 is 2.62 bits per heavy atom. The zero-order valence-corrected chi connectivity index (χ0v) is 16.1. The Hall–Kier alpha value is -3.80. The van der Waals surface area contributed by atoms with Crippen molar-refractivity contribution in [1.29, 1.82) is 0 Å². The number of fused-ring (bicyclic) bond motifs is 3. The van der Waals surface area contributed by atoms with Crippen LogP contribution in [-0.4, -0.2) is 18.9 Å². The van der Waals surface area contributed by atoms with E-state index in [1.165, 1.54) is 6.92 Å². The highest BCUT2D eigenvalue weighted by molar-refractivity contribution is 6.09. The topological polar surface area (TPSA) is 80.6 Å². The van der Waals surface area contributed by atoms with Crippen molar-refractivity contribution in [2.45, 2.75) is 13.3 Å². The molecule has 0 aliphatic carbocycles. The molecule has 1 aromatic heterocycles. The lowest BCUT2D eigenvalue weighted by atomic mass is 10.0. The van der Waals surface area contributed by atoms with Gasteiger partial charge >= 0.3 is 0 Å². The van der Waals surface area contributed by atoms with Crippen molar-refractivity contribution in [3.63, 3.8) is 0 Å². The van der Waals surface area contributed by atoms with Crippen molar-refractivity contribution in [1.82, 2.24) is 0 Å². The Kier molecular flexibility index (Phi) is 4.91. The average Bonchev–Trinajstić information content (AvgIpc) is 3.12. The van der Waals surface area contributed by atoms with Crippen LogP contribution < -0.4 is 15.4 Å². The Bertz CT molecular complexity index is 1230. The largest absolute Gasteiger partial charge is 0.497 e. The van der Waals surface area contributed by atoms with Gasteiger partial charge in [-0.25, -0.2) is 0 Å². The van der Waals surface area contributed by atoms with Gasteiger partial charge in [-0.2, -0.15) is 0 Å². The number of rotatable bonds is 5. The van der Waals surface area contributed by atoms with E-state index < -0.39 is 0 Å². The summed E-state index contributed by atoms with van der Waals surface area (Å²) in [6.45, 7) is 1.42. The number of furan rings is 1. The van der Waals surface area contributed by atoms with Crippen molar-refractivity contribution in [2.24, 2.45) is 0 Å². The molecule has 0 radical (unpaired) electrons. The summed E-state index contributed by atoms with van der Waals surface area (Å²) in [5, 5.41) is 8.65. The molecule has 2 amide bonds. The number of amides is 2. The van der Waals surface area contributed by atoms with Crippen LogP contribution in [0.15, 0.2) is 65.3 Å². The molecular formula is C23H20N2O4. The number of benzene rings is 3. The summed E-state index contributed by atoms with van der Waals surface area (Å²) >= 11 is 0. The number of methoxy groups -OCH3 is 1. The first-order chi connectivity index (χ1) is 14.0. The van der Waals surface area contributed by atoms with Gasteiger partial charge in [-0.15, -0.1) is 0 Å². The smallest absolute Gasteiger partial charge is 0.228 e. The van der Waals surface area contributed by atoms with E-state index in [4.69, 9.17) is 9.15 Å². The number of hydrogen-bond donors (Lipinski definition) is 2. The van der Waals surface area contributed by atoms with Gasteiger partial charge in [0.05, 0.1) is 31.2 Å². The Labute approximate surface area is 167 Å². The van der Waals surface area contributed by atoms with Crippen molar-refractivity contribution >= 4 is 44.9 Å². The minimum absolute atomic E-state index is 0.137. The molecule has 6 heteroatoms. The van der Waals surface area contributed by atoms with Gasteiger partial charge in [0, 0.05) is 23.9 Å². The molecule has 0 fully saturated rings. The molecule has 146 valence electrons. The van der Waals surface area contributed by atoms with Gasteiger partial charge in [0.2, 0.25) is 11.8 Å². The van der Waals surface area contributed by atoms with Crippen molar-refractivity contribution in [3.8, 4) is 5.75 Å². The number of carbonyl (C=O) groups is 2. The highest BCUT2D eigenvalue weighted by Crippen LogP contribution is 2.31. The quantitative estimate of drug-likeness (QED) is 0.518. The van der Waals surface area contributed by atoms with Crippen LogP contribution >= 0.6 is 0 Å². The zero-order valence-electron chi connectivity index (χ0n) is 16.1. The van der Waals surface area contributed by atoms with Crippen molar-refractivity contribution in [3.05, 3.63) is 66.4 Å². The summed E-state index contributed by atoms with van der Waals surface area (Å²) in [4.78, 5) is 24.3. The molecule has 0 saturated carbocycles. The fraction of sp³-hybridized carbons (Fsp3) is 0.130. The molecule has 3 aromatic carbocycles. The normalized spacial score (nSPS) is 10.8. The number of anilines is 2. The van der Waals surface area contributed by atoms with Gasteiger partial charge in [-0.05, 0) is 29.0 Å². The monoisotopic (exact) mass is 388 g/mol. The molecule has 0 aliphatic heterocycles. The minimum atomic E-state index is -0.224. The Balaban J connectivity index is 1.64. The molecule has 0 unspecified atom stereocenters. The van der Waals surface area contributed by atoms with E-state index in [0.717, 1.165) is 27.3 Å². The van der Waals surface area contributed by atoms with Crippen molar-refractivity contribution < 1.29 is 18.7 Å². The molecule has 0 atom stereocenters. The van der Waals surface area contributed by atoms with Gasteiger partial charge in [0.25, 0.3) is 0 Å². The summed E-state index contributed by atoms with van der Waals surface area (Å²) < 4.78 is 10.9. The highest BCUT2D eigenvalue weighted by atomic mass is 16.5. The summed E-state index contributed by atoms with van der Waals surface area (Å²) in [6, 6.07) is 17.0. The predicted octanol–water partition coefficient (Wildman–Crippen LogP) is 4.73. The SMILES string of the molecule is COc1ccc(NC(C)=O)c(NC(=O)Cc2coc3ccc4ccccc4c23)c1. The van der Waals surface area contributed by atoms with Gasteiger partial charge in [0.15, 0.2) is 0 Å². The first kappa shape index (κ1) is 18.6. The molecule has 6 nitrogen and oxygen atoms in total. The van der Waals surface area contributed by atoms with Crippen LogP contribution in [0.1, 0.15) is 12.5 Å². The summed E-state index contributed by atoms with van der Waals surface area (Å²) in [5.74, 6) is 0.132. The maximum Gasteiger partial charge on any atom is 0.228 e. The van der Waals surface area contributed by atoms with Crippen LogP contribution in [0.5, 0.6) is 5.75 Å². The van der Waals surface area contributed by atoms with E-state index in [0.29, 0.717) is 17.1 Å². The predicted molar refractivity (Wildman–Crippen MR) is 113 cm³/mol. The molecular weight excluding hydrogens is 368 g/mol. The second-order valence-corrected chi connectivity index (χ2v) is 6.74. The van der Waals surface area contributed by atoms with E-state index >= 15 is 0 Å². The first-order valence-corrected chi connectivity index (χ1v) is 9.18. The average molecular weight is 388 g/mol. The third kappa shape index (κ3) is 3.78. The summed E-state index contributed by atoms with van der Waals surface area (Å²) in [5.41, 5.74) is 2.53. The molecule has 0 saturated heterocycles. The molecule has 0 aliphatic rings. The van der Waals surface area contributed by atoms with Crippen molar-refractivity contribution in [2.75, 3.05) is 17.7 Å².